The van der Waals surface area contributed by atoms with E-state index in [1.165, 1.54) is 29.2 Å². The van der Waals surface area contributed by atoms with Crippen LogP contribution in [0.1, 0.15) is 74.6 Å². The van der Waals surface area contributed by atoms with E-state index in [1.54, 1.807) is 34.6 Å². The van der Waals surface area contributed by atoms with Crippen molar-refractivity contribution in [2.45, 2.75) is 71.6 Å². The molecule has 1 amide bonds. The van der Waals surface area contributed by atoms with Crippen LogP contribution in [-0.2, 0) is 28.5 Å². The number of nitrogens with zero attached hydrogens (tertiary/aromatic N) is 1. The molecule has 10 nitrogen and oxygen atoms in total. The van der Waals surface area contributed by atoms with Gasteiger partial charge in [0, 0.05) is 12.1 Å². The van der Waals surface area contributed by atoms with Gasteiger partial charge in [0.25, 0.3) is 6.10 Å². The van der Waals surface area contributed by atoms with Gasteiger partial charge >= 0.3 is 24.0 Å². The third-order valence-corrected chi connectivity index (χ3v) is 5.06. The largest absolute Gasteiger partial charge is 0.463 e. The molecule has 1 aliphatic rings. The molecule has 1 aromatic carbocycles. The Hall–Kier alpha value is -3.43. The zero-order chi connectivity index (χ0) is 26.2. The second kappa shape index (κ2) is 12.3. The van der Waals surface area contributed by atoms with Crippen LogP contribution in [0.5, 0.6) is 0 Å². The fourth-order valence-electron chi connectivity index (χ4n) is 3.47. The Kier molecular flexibility index (Phi) is 9.79. The lowest BCUT2D eigenvalue weighted by molar-refractivity contribution is -0.167. The summed E-state index contributed by atoms with van der Waals surface area (Å²) in [5, 5.41) is 0. The molecular formula is C25H33NO9. The Labute approximate surface area is 204 Å². The van der Waals surface area contributed by atoms with Crippen molar-refractivity contribution in [2.75, 3.05) is 19.8 Å². The number of carbonyl (C=O) groups excluding carboxylic acids is 5. The SMILES string of the molecule is CCOC(=O)c1ccc(C(=O)C(OC(=O)C2CCCCN2C(=O)OC(C)(C)C)C(=O)OCC)cc1. The summed E-state index contributed by atoms with van der Waals surface area (Å²) in [6.45, 7) is 8.81. The van der Waals surface area contributed by atoms with Crippen molar-refractivity contribution in [1.29, 1.82) is 0 Å². The number of ketones is 1. The summed E-state index contributed by atoms with van der Waals surface area (Å²) >= 11 is 0. The molecule has 1 heterocycles. The average Bonchev–Trinajstić information content (AvgIpc) is 2.81. The lowest BCUT2D eigenvalue weighted by Gasteiger charge is -2.35. The third-order valence-electron chi connectivity index (χ3n) is 5.06. The normalized spacial score (nSPS) is 16.6. The fraction of sp³-hybridized carbons (Fsp3) is 0.560. The van der Waals surface area contributed by atoms with Crippen molar-refractivity contribution in [3.63, 3.8) is 0 Å². The molecule has 1 aromatic rings. The number of carbonyl (C=O) groups is 5. The van der Waals surface area contributed by atoms with Crippen LogP contribution in [-0.4, -0.2) is 72.2 Å². The highest BCUT2D eigenvalue weighted by molar-refractivity contribution is 6.12. The summed E-state index contributed by atoms with van der Waals surface area (Å²) in [6, 6.07) is 4.42. The van der Waals surface area contributed by atoms with Crippen LogP contribution in [0.3, 0.4) is 0 Å². The Morgan fingerprint density at radius 2 is 1.54 bits per heavy atom. The van der Waals surface area contributed by atoms with Gasteiger partial charge in [-0.3, -0.25) is 9.69 Å². The van der Waals surface area contributed by atoms with Gasteiger partial charge in [-0.25, -0.2) is 19.2 Å². The van der Waals surface area contributed by atoms with Crippen LogP contribution < -0.4 is 0 Å². The monoisotopic (exact) mass is 491 g/mol. The van der Waals surface area contributed by atoms with Gasteiger partial charge in [0.1, 0.15) is 11.6 Å². The first-order valence-electron chi connectivity index (χ1n) is 11.7. The van der Waals surface area contributed by atoms with E-state index in [0.717, 1.165) is 0 Å². The van der Waals surface area contributed by atoms with Crippen LogP contribution in [0.2, 0.25) is 0 Å². The topological polar surface area (TPSA) is 126 Å². The van der Waals surface area contributed by atoms with Gasteiger partial charge in [0.05, 0.1) is 18.8 Å². The van der Waals surface area contributed by atoms with Gasteiger partial charge in [0.2, 0.25) is 5.78 Å². The van der Waals surface area contributed by atoms with Crippen LogP contribution >= 0.6 is 0 Å². The number of piperidine rings is 1. The van der Waals surface area contributed by atoms with Crippen LogP contribution in [0.15, 0.2) is 24.3 Å². The number of esters is 3. The van der Waals surface area contributed by atoms with E-state index >= 15 is 0 Å². The van der Waals surface area contributed by atoms with E-state index in [2.05, 4.69) is 0 Å². The number of likely N-dealkylation sites (tertiary alicyclic amines) is 1. The van der Waals surface area contributed by atoms with E-state index < -0.39 is 47.5 Å². The van der Waals surface area contributed by atoms with Crippen LogP contribution in [0.4, 0.5) is 4.79 Å². The summed E-state index contributed by atoms with van der Waals surface area (Å²) in [7, 11) is 0. The molecule has 1 saturated heterocycles. The predicted octanol–water partition coefficient (Wildman–Crippen LogP) is 3.31. The molecule has 192 valence electrons. The maximum absolute atomic E-state index is 13.1. The highest BCUT2D eigenvalue weighted by Crippen LogP contribution is 2.23. The second-order valence-electron chi connectivity index (χ2n) is 8.92. The maximum atomic E-state index is 13.1. The fourth-order valence-corrected chi connectivity index (χ4v) is 3.47. The summed E-state index contributed by atoms with van der Waals surface area (Å²) in [5.41, 5.74) is -0.498. The number of hydrogen-bond donors (Lipinski definition) is 0. The standard InChI is InChI=1S/C25H33NO9/c1-6-32-21(28)17-13-11-16(12-14-17)19(27)20(23(30)33-7-2)34-22(29)18-10-8-9-15-26(18)24(31)35-25(3,4)5/h11-14,18,20H,6-10,15H2,1-5H3. The Bertz CT molecular complexity index is 933. The van der Waals surface area contributed by atoms with Gasteiger partial charge in [-0.15, -0.1) is 0 Å². The number of Topliss-reactive ketones (excluding diaryl/α,β-unsaturated/α-hetero) is 1. The summed E-state index contributed by atoms with van der Waals surface area (Å²) in [6.07, 6.45) is -0.899. The molecule has 1 fully saturated rings. The summed E-state index contributed by atoms with van der Waals surface area (Å²) in [5.74, 6) is -3.30. The van der Waals surface area contributed by atoms with E-state index in [9.17, 15) is 24.0 Å². The van der Waals surface area contributed by atoms with Crippen molar-refractivity contribution in [3.8, 4) is 0 Å². The highest BCUT2D eigenvalue weighted by atomic mass is 16.6. The summed E-state index contributed by atoms with van der Waals surface area (Å²) in [4.78, 5) is 64.4. The van der Waals surface area contributed by atoms with Crippen LogP contribution in [0, 0.1) is 0 Å². The molecule has 2 unspecified atom stereocenters. The molecule has 1 aliphatic heterocycles. The Balaban J connectivity index is 2.23. The minimum absolute atomic E-state index is 0.0323. The van der Waals surface area contributed by atoms with Crippen molar-refractivity contribution < 1.29 is 42.9 Å². The lowest BCUT2D eigenvalue weighted by atomic mass is 10.0. The maximum Gasteiger partial charge on any atom is 0.411 e. The van der Waals surface area contributed by atoms with E-state index in [-0.39, 0.29) is 30.9 Å². The van der Waals surface area contributed by atoms with E-state index in [0.29, 0.717) is 19.3 Å². The Morgan fingerprint density at radius 3 is 2.11 bits per heavy atom. The molecule has 10 heteroatoms. The minimum Gasteiger partial charge on any atom is -0.463 e. The molecule has 0 saturated carbocycles. The van der Waals surface area contributed by atoms with Crippen LogP contribution in [0.25, 0.3) is 0 Å². The lowest BCUT2D eigenvalue weighted by Crippen LogP contribution is -2.52. The zero-order valence-electron chi connectivity index (χ0n) is 20.8. The van der Waals surface area contributed by atoms with Gasteiger partial charge in [0.15, 0.2) is 0 Å². The molecule has 0 N–H and O–H groups in total. The van der Waals surface area contributed by atoms with Crippen molar-refractivity contribution in [2.24, 2.45) is 0 Å². The molecular weight excluding hydrogens is 458 g/mol. The highest BCUT2D eigenvalue weighted by Gasteiger charge is 2.40. The molecule has 0 aromatic heterocycles. The molecule has 0 radical (unpaired) electrons. The van der Waals surface area contributed by atoms with Crippen molar-refractivity contribution in [1.82, 2.24) is 4.90 Å². The number of benzene rings is 1. The first-order valence-corrected chi connectivity index (χ1v) is 11.7. The van der Waals surface area contributed by atoms with Gasteiger partial charge in [-0.2, -0.15) is 0 Å². The third kappa shape index (κ3) is 7.80. The Morgan fingerprint density at radius 1 is 0.943 bits per heavy atom. The van der Waals surface area contributed by atoms with Crippen molar-refractivity contribution in [3.05, 3.63) is 35.4 Å². The number of amides is 1. The van der Waals surface area contributed by atoms with E-state index in [4.69, 9.17) is 18.9 Å². The van der Waals surface area contributed by atoms with Gasteiger partial charge in [-0.05, 0) is 66.0 Å². The second-order valence-corrected chi connectivity index (χ2v) is 8.92. The quantitative estimate of drug-likeness (QED) is 0.233. The number of ether oxygens (including phenoxy) is 4. The molecule has 35 heavy (non-hydrogen) atoms. The van der Waals surface area contributed by atoms with E-state index in [1.807, 2.05) is 0 Å². The molecule has 0 spiro atoms. The first-order chi connectivity index (χ1) is 16.5. The zero-order valence-corrected chi connectivity index (χ0v) is 20.8. The smallest absolute Gasteiger partial charge is 0.411 e. The van der Waals surface area contributed by atoms with Gasteiger partial charge < -0.3 is 18.9 Å². The predicted molar refractivity (Wildman–Crippen MR) is 124 cm³/mol. The molecule has 2 atom stereocenters. The first kappa shape index (κ1) is 27.8. The summed E-state index contributed by atoms with van der Waals surface area (Å²) < 4.78 is 20.6. The number of rotatable bonds is 8. The minimum atomic E-state index is -1.86. The molecule has 2 rings (SSSR count). The number of hydrogen-bond acceptors (Lipinski definition) is 9. The average molecular weight is 492 g/mol. The van der Waals surface area contributed by atoms with Gasteiger partial charge in [-0.1, -0.05) is 12.1 Å². The van der Waals surface area contributed by atoms with Crippen molar-refractivity contribution >= 4 is 29.8 Å². The molecule has 0 bridgehead atoms. The molecule has 0 aliphatic carbocycles.